The van der Waals surface area contributed by atoms with E-state index in [2.05, 4.69) is 9.97 Å². The van der Waals surface area contributed by atoms with Crippen LogP contribution in [0.3, 0.4) is 0 Å². The summed E-state index contributed by atoms with van der Waals surface area (Å²) in [5.74, 6) is -1.52. The van der Waals surface area contributed by atoms with Crippen LogP contribution in [-0.2, 0) is 16.6 Å². The van der Waals surface area contributed by atoms with Crippen LogP contribution in [0, 0.1) is 12.7 Å². The molecule has 1 heterocycles. The van der Waals surface area contributed by atoms with Crippen molar-refractivity contribution in [2.24, 2.45) is 0 Å². The molecule has 1 aromatic carbocycles. The van der Waals surface area contributed by atoms with E-state index in [1.165, 1.54) is 26.1 Å². The van der Waals surface area contributed by atoms with Gasteiger partial charge in [-0.3, -0.25) is 0 Å². The highest BCUT2D eigenvalue weighted by atomic mass is 32.2. The van der Waals surface area contributed by atoms with Gasteiger partial charge in [-0.2, -0.15) is 4.31 Å². The SMILES string of the molecule is Cc1nc(CN(C)S(=O)(=O)c2ccc(F)cc2)ncc1C(=O)O. The van der Waals surface area contributed by atoms with Gasteiger partial charge >= 0.3 is 5.97 Å². The predicted octanol–water partition coefficient (Wildman–Crippen LogP) is 1.44. The number of carboxylic acids is 1. The van der Waals surface area contributed by atoms with Crippen LogP contribution in [0.4, 0.5) is 4.39 Å². The molecular formula is C14H14FN3O4S. The van der Waals surface area contributed by atoms with Crippen molar-refractivity contribution in [2.45, 2.75) is 18.4 Å². The summed E-state index contributed by atoms with van der Waals surface area (Å²) in [4.78, 5) is 18.7. The third-order valence-corrected chi connectivity index (χ3v) is 4.96. The van der Waals surface area contributed by atoms with E-state index in [1.807, 2.05) is 0 Å². The largest absolute Gasteiger partial charge is 0.478 e. The smallest absolute Gasteiger partial charge is 0.339 e. The number of rotatable bonds is 5. The Bertz CT molecular complexity index is 838. The number of hydrogen-bond acceptors (Lipinski definition) is 5. The highest BCUT2D eigenvalue weighted by Gasteiger charge is 2.22. The summed E-state index contributed by atoms with van der Waals surface area (Å²) in [5.41, 5.74) is 0.202. The van der Waals surface area contributed by atoms with Crippen molar-refractivity contribution in [1.82, 2.24) is 14.3 Å². The first-order chi connectivity index (χ1) is 10.7. The number of hydrogen-bond donors (Lipinski definition) is 1. The minimum absolute atomic E-state index is 0.0437. The maximum absolute atomic E-state index is 12.9. The average Bonchev–Trinajstić information content (AvgIpc) is 2.47. The molecule has 0 radical (unpaired) electrons. The molecule has 2 rings (SSSR count). The van der Waals surface area contributed by atoms with Gasteiger partial charge in [-0.1, -0.05) is 0 Å². The fourth-order valence-electron chi connectivity index (χ4n) is 1.87. The van der Waals surface area contributed by atoms with Crippen LogP contribution in [0.1, 0.15) is 21.9 Å². The van der Waals surface area contributed by atoms with Crippen molar-refractivity contribution in [2.75, 3.05) is 7.05 Å². The first-order valence-electron chi connectivity index (χ1n) is 6.49. The third kappa shape index (κ3) is 3.69. The number of benzene rings is 1. The van der Waals surface area contributed by atoms with Gasteiger partial charge in [-0.05, 0) is 31.2 Å². The van der Waals surface area contributed by atoms with Gasteiger partial charge in [-0.25, -0.2) is 27.6 Å². The predicted molar refractivity (Wildman–Crippen MR) is 78.8 cm³/mol. The van der Waals surface area contributed by atoms with Crippen LogP contribution in [0.2, 0.25) is 0 Å². The number of aromatic nitrogens is 2. The molecule has 122 valence electrons. The third-order valence-electron chi connectivity index (χ3n) is 3.15. The molecule has 1 N–H and O–H groups in total. The van der Waals surface area contributed by atoms with Gasteiger partial charge in [0, 0.05) is 13.2 Å². The zero-order chi connectivity index (χ0) is 17.2. The zero-order valence-electron chi connectivity index (χ0n) is 12.4. The van der Waals surface area contributed by atoms with E-state index in [4.69, 9.17) is 5.11 Å². The summed E-state index contributed by atoms with van der Waals surface area (Å²) in [6, 6.07) is 4.45. The number of carbonyl (C=O) groups is 1. The summed E-state index contributed by atoms with van der Waals surface area (Å²) in [6.45, 7) is 1.36. The molecule has 9 heteroatoms. The van der Waals surface area contributed by atoms with Gasteiger partial charge in [-0.15, -0.1) is 0 Å². The quantitative estimate of drug-likeness (QED) is 0.885. The van der Waals surface area contributed by atoms with Crippen molar-refractivity contribution < 1.29 is 22.7 Å². The first kappa shape index (κ1) is 17.0. The molecule has 0 aliphatic heterocycles. The molecule has 23 heavy (non-hydrogen) atoms. The fraction of sp³-hybridized carbons (Fsp3) is 0.214. The van der Waals surface area contributed by atoms with Crippen molar-refractivity contribution in [1.29, 1.82) is 0 Å². The molecule has 0 aliphatic rings. The Hall–Kier alpha value is -2.39. The molecule has 0 fully saturated rings. The minimum atomic E-state index is -3.82. The number of halogens is 1. The summed E-state index contributed by atoms with van der Waals surface area (Å²) in [5, 5.41) is 8.92. The van der Waals surface area contributed by atoms with E-state index in [9.17, 15) is 17.6 Å². The fourth-order valence-corrected chi connectivity index (χ4v) is 3.00. The second kappa shape index (κ2) is 6.39. The maximum Gasteiger partial charge on any atom is 0.339 e. The number of aryl methyl sites for hydroxylation is 1. The monoisotopic (exact) mass is 339 g/mol. The van der Waals surface area contributed by atoms with Gasteiger partial charge in [0.1, 0.15) is 11.6 Å². The van der Waals surface area contributed by atoms with Gasteiger partial charge in [0.05, 0.1) is 22.7 Å². The lowest BCUT2D eigenvalue weighted by Crippen LogP contribution is -2.27. The normalized spacial score (nSPS) is 11.7. The highest BCUT2D eigenvalue weighted by Crippen LogP contribution is 2.16. The van der Waals surface area contributed by atoms with E-state index in [0.717, 1.165) is 22.6 Å². The lowest BCUT2D eigenvalue weighted by Gasteiger charge is -2.16. The molecule has 0 amide bonds. The Labute approximate surface area is 132 Å². The minimum Gasteiger partial charge on any atom is -0.478 e. The molecule has 0 unspecified atom stereocenters. The topological polar surface area (TPSA) is 100 Å². The summed E-state index contributed by atoms with van der Waals surface area (Å²) >= 11 is 0. The van der Waals surface area contributed by atoms with Crippen molar-refractivity contribution in [3.63, 3.8) is 0 Å². The first-order valence-corrected chi connectivity index (χ1v) is 7.93. The van der Waals surface area contributed by atoms with Crippen LogP contribution in [0.25, 0.3) is 0 Å². The number of aromatic carboxylic acids is 1. The van der Waals surface area contributed by atoms with Crippen molar-refractivity contribution in [3.05, 3.63) is 53.4 Å². The second-order valence-corrected chi connectivity index (χ2v) is 6.85. The second-order valence-electron chi connectivity index (χ2n) is 4.81. The van der Waals surface area contributed by atoms with Gasteiger partial charge in [0.2, 0.25) is 10.0 Å². The molecule has 0 spiro atoms. The highest BCUT2D eigenvalue weighted by molar-refractivity contribution is 7.89. The zero-order valence-corrected chi connectivity index (χ0v) is 13.2. The Morgan fingerprint density at radius 3 is 2.43 bits per heavy atom. The van der Waals surface area contributed by atoms with Crippen LogP contribution in [0.15, 0.2) is 35.4 Å². The van der Waals surface area contributed by atoms with Crippen LogP contribution < -0.4 is 0 Å². The lowest BCUT2D eigenvalue weighted by molar-refractivity contribution is 0.0695. The molecule has 0 aliphatic carbocycles. The maximum atomic E-state index is 12.9. The van der Waals surface area contributed by atoms with Crippen LogP contribution in [0.5, 0.6) is 0 Å². The van der Waals surface area contributed by atoms with E-state index in [-0.39, 0.29) is 28.5 Å². The molecule has 2 aromatic rings. The molecule has 0 saturated heterocycles. The molecule has 0 bridgehead atoms. The summed E-state index contributed by atoms with van der Waals surface area (Å²) in [7, 11) is -2.49. The van der Waals surface area contributed by atoms with Gasteiger partial charge in [0.25, 0.3) is 0 Å². The Kier molecular flexibility index (Phi) is 4.71. The Morgan fingerprint density at radius 1 is 1.30 bits per heavy atom. The summed E-state index contributed by atoms with van der Waals surface area (Å²) < 4.78 is 38.6. The van der Waals surface area contributed by atoms with Gasteiger partial charge < -0.3 is 5.11 Å². The lowest BCUT2D eigenvalue weighted by atomic mass is 10.2. The van der Waals surface area contributed by atoms with Crippen LogP contribution in [-0.4, -0.2) is 40.8 Å². The number of carboxylic acid groups (broad SMARTS) is 1. The Morgan fingerprint density at radius 2 is 1.91 bits per heavy atom. The van der Waals surface area contributed by atoms with Crippen LogP contribution >= 0.6 is 0 Å². The van der Waals surface area contributed by atoms with E-state index >= 15 is 0 Å². The number of nitrogens with zero attached hydrogens (tertiary/aromatic N) is 3. The van der Waals surface area contributed by atoms with Crippen molar-refractivity contribution >= 4 is 16.0 Å². The van der Waals surface area contributed by atoms with E-state index < -0.39 is 21.8 Å². The van der Waals surface area contributed by atoms with Gasteiger partial charge in [0.15, 0.2) is 0 Å². The standard InChI is InChI=1S/C14H14FN3O4S/c1-9-12(14(19)20)7-16-13(17-9)8-18(2)23(21,22)11-5-3-10(15)4-6-11/h3-7H,8H2,1-2H3,(H,19,20). The average molecular weight is 339 g/mol. The number of sulfonamides is 1. The molecule has 0 atom stereocenters. The molecule has 7 nitrogen and oxygen atoms in total. The van der Waals surface area contributed by atoms with E-state index in [1.54, 1.807) is 0 Å². The molecule has 1 aromatic heterocycles. The Balaban J connectivity index is 2.24. The molecular weight excluding hydrogens is 325 g/mol. The summed E-state index contributed by atoms with van der Waals surface area (Å²) in [6.07, 6.45) is 1.14. The van der Waals surface area contributed by atoms with Crippen molar-refractivity contribution in [3.8, 4) is 0 Å². The van der Waals surface area contributed by atoms with E-state index in [0.29, 0.717) is 0 Å². The molecule has 0 saturated carbocycles.